The molecule has 4 heterocycles. The predicted molar refractivity (Wildman–Crippen MR) is 182 cm³/mol. The van der Waals surface area contributed by atoms with Gasteiger partial charge in [-0.2, -0.15) is 4.98 Å². The van der Waals surface area contributed by atoms with Crippen molar-refractivity contribution in [3.63, 3.8) is 0 Å². The van der Waals surface area contributed by atoms with Gasteiger partial charge in [-0.1, -0.05) is 39.8 Å². The Morgan fingerprint density at radius 3 is 2.30 bits per heavy atom. The van der Waals surface area contributed by atoms with Crippen LogP contribution in [-0.4, -0.2) is 90.9 Å². The minimum atomic E-state index is -1.00. The molecule has 3 N–H and O–H groups in total. The number of carbonyl (C=O) groups excluding carboxylic acids is 4. The summed E-state index contributed by atoms with van der Waals surface area (Å²) in [5.74, 6) is 0.0504. The van der Waals surface area contributed by atoms with Crippen LogP contribution < -0.4 is 30.5 Å². The smallest absolute Gasteiger partial charge is 0.264 e. The molecule has 0 spiro atoms. The highest BCUT2D eigenvalue weighted by atomic mass is 16.5. The Balaban J connectivity index is 0.00000120. The van der Waals surface area contributed by atoms with E-state index < -0.39 is 29.7 Å². The van der Waals surface area contributed by atoms with Crippen molar-refractivity contribution in [2.45, 2.75) is 46.6 Å². The van der Waals surface area contributed by atoms with Crippen molar-refractivity contribution in [3.8, 4) is 5.75 Å². The van der Waals surface area contributed by atoms with Gasteiger partial charge in [0.15, 0.2) is 0 Å². The summed E-state index contributed by atoms with van der Waals surface area (Å²) < 4.78 is 5.36. The third kappa shape index (κ3) is 7.79. The number of benzene rings is 2. The highest BCUT2D eigenvalue weighted by Gasteiger charge is 2.45. The first kappa shape index (κ1) is 34.7. The lowest BCUT2D eigenvalue weighted by Crippen LogP contribution is -2.54. The molecule has 2 saturated heterocycles. The van der Waals surface area contributed by atoms with Crippen LogP contribution in [0.25, 0.3) is 0 Å². The van der Waals surface area contributed by atoms with Gasteiger partial charge in [-0.3, -0.25) is 29.4 Å². The fraction of sp³-hybridized carbons (Fsp3) is 0.412. The molecular weight excluding hydrogens is 600 g/mol. The van der Waals surface area contributed by atoms with Crippen molar-refractivity contribution in [1.29, 1.82) is 0 Å². The third-order valence-electron chi connectivity index (χ3n) is 7.84. The second kappa shape index (κ2) is 16.4. The number of amides is 4. The molecule has 3 aromatic rings. The summed E-state index contributed by atoms with van der Waals surface area (Å²) in [5.41, 5.74) is 2.10. The normalized spacial score (nSPS) is 17.1. The molecule has 3 aliphatic heterocycles. The number of hydrogen-bond donors (Lipinski definition) is 3. The Labute approximate surface area is 275 Å². The minimum Gasteiger partial charge on any atom is -0.497 e. The van der Waals surface area contributed by atoms with Crippen LogP contribution in [0.3, 0.4) is 0 Å². The average molecular weight is 645 g/mol. The molecular formula is C34H44N8O5. The van der Waals surface area contributed by atoms with E-state index in [0.717, 1.165) is 42.5 Å². The molecule has 3 aliphatic rings. The maximum absolute atomic E-state index is 13.3. The summed E-state index contributed by atoms with van der Waals surface area (Å²) in [4.78, 5) is 64.8. The van der Waals surface area contributed by atoms with Crippen molar-refractivity contribution < 1.29 is 23.9 Å². The Morgan fingerprint density at radius 2 is 1.57 bits per heavy atom. The SMILES string of the molecule is CC.CC.COc1cccc(N2CCN(c3nccc(NCCNc4cccc5c4C(=O)N(C4CCC(=O)NC4=O)C5=O)n3)CC2)c1. The van der Waals surface area contributed by atoms with Gasteiger partial charge in [-0.15, -0.1) is 0 Å². The van der Waals surface area contributed by atoms with Crippen molar-refractivity contribution in [1.82, 2.24) is 20.2 Å². The molecule has 0 radical (unpaired) electrons. The number of nitrogens with one attached hydrogen (secondary N) is 3. The number of nitrogens with zero attached hydrogens (tertiary/aromatic N) is 5. The van der Waals surface area contributed by atoms with Gasteiger partial charge in [-0.25, -0.2) is 4.98 Å². The number of piperidine rings is 1. The lowest BCUT2D eigenvalue weighted by Gasteiger charge is -2.36. The molecule has 2 aromatic carbocycles. The molecule has 1 unspecified atom stereocenters. The molecule has 6 rings (SSSR count). The minimum absolute atomic E-state index is 0.0743. The van der Waals surface area contributed by atoms with E-state index in [1.807, 2.05) is 45.9 Å². The Morgan fingerprint density at radius 1 is 0.872 bits per heavy atom. The largest absolute Gasteiger partial charge is 0.497 e. The number of piperazine rings is 1. The van der Waals surface area contributed by atoms with Crippen molar-refractivity contribution in [3.05, 3.63) is 65.9 Å². The number of aromatic nitrogens is 2. The molecule has 47 heavy (non-hydrogen) atoms. The number of ether oxygens (including phenoxy) is 1. The number of hydrogen-bond acceptors (Lipinski definition) is 11. The number of methoxy groups -OCH3 is 1. The van der Waals surface area contributed by atoms with E-state index in [1.54, 1.807) is 37.6 Å². The Bertz CT molecular complexity index is 1570. The monoisotopic (exact) mass is 644 g/mol. The molecule has 250 valence electrons. The van der Waals surface area contributed by atoms with Gasteiger partial charge in [0.1, 0.15) is 17.6 Å². The summed E-state index contributed by atoms with van der Waals surface area (Å²) in [5, 5.41) is 8.73. The van der Waals surface area contributed by atoms with E-state index in [2.05, 4.69) is 36.8 Å². The predicted octanol–water partition coefficient (Wildman–Crippen LogP) is 3.79. The van der Waals surface area contributed by atoms with E-state index in [0.29, 0.717) is 30.5 Å². The van der Waals surface area contributed by atoms with Gasteiger partial charge in [0.2, 0.25) is 17.8 Å². The topological polar surface area (TPSA) is 149 Å². The van der Waals surface area contributed by atoms with Gasteiger partial charge in [0, 0.05) is 69.3 Å². The Kier molecular flexibility index (Phi) is 12.1. The van der Waals surface area contributed by atoms with Crippen LogP contribution >= 0.6 is 0 Å². The molecule has 13 heteroatoms. The lowest BCUT2D eigenvalue weighted by molar-refractivity contribution is -0.136. The van der Waals surface area contributed by atoms with Gasteiger partial charge in [0.05, 0.1) is 18.2 Å². The zero-order valence-corrected chi connectivity index (χ0v) is 27.7. The first-order valence-electron chi connectivity index (χ1n) is 16.2. The van der Waals surface area contributed by atoms with Gasteiger partial charge < -0.3 is 25.2 Å². The molecule has 13 nitrogen and oxygen atoms in total. The van der Waals surface area contributed by atoms with Crippen LogP contribution in [0.1, 0.15) is 61.3 Å². The third-order valence-corrected chi connectivity index (χ3v) is 7.84. The molecule has 4 amide bonds. The van der Waals surface area contributed by atoms with E-state index in [9.17, 15) is 19.2 Å². The molecule has 2 fully saturated rings. The maximum Gasteiger partial charge on any atom is 0.264 e. The van der Waals surface area contributed by atoms with Gasteiger partial charge >= 0.3 is 0 Å². The maximum atomic E-state index is 13.3. The summed E-state index contributed by atoms with van der Waals surface area (Å²) in [6.45, 7) is 12.2. The number of rotatable bonds is 9. The summed E-state index contributed by atoms with van der Waals surface area (Å²) in [6, 6.07) is 13.8. The summed E-state index contributed by atoms with van der Waals surface area (Å²) >= 11 is 0. The quantitative estimate of drug-likeness (QED) is 0.231. The lowest BCUT2D eigenvalue weighted by atomic mass is 10.0. The highest BCUT2D eigenvalue weighted by Crippen LogP contribution is 2.32. The fourth-order valence-corrected chi connectivity index (χ4v) is 5.62. The van der Waals surface area contributed by atoms with Crippen LogP contribution in [0.4, 0.5) is 23.1 Å². The van der Waals surface area contributed by atoms with E-state index >= 15 is 0 Å². The van der Waals surface area contributed by atoms with Gasteiger partial charge in [-0.05, 0) is 36.8 Å². The summed E-state index contributed by atoms with van der Waals surface area (Å²) in [6.07, 6.45) is 1.91. The fourth-order valence-electron chi connectivity index (χ4n) is 5.62. The first-order chi connectivity index (χ1) is 22.9. The molecule has 0 bridgehead atoms. The second-order valence-electron chi connectivity index (χ2n) is 10.4. The first-order valence-corrected chi connectivity index (χ1v) is 16.2. The molecule has 0 aliphatic carbocycles. The highest BCUT2D eigenvalue weighted by molar-refractivity contribution is 6.25. The number of carbonyl (C=O) groups is 4. The van der Waals surface area contributed by atoms with Crippen molar-refractivity contribution >= 4 is 46.8 Å². The van der Waals surface area contributed by atoms with Gasteiger partial charge in [0.25, 0.3) is 11.8 Å². The van der Waals surface area contributed by atoms with E-state index in [4.69, 9.17) is 9.72 Å². The van der Waals surface area contributed by atoms with Crippen LogP contribution in [0.15, 0.2) is 54.7 Å². The average Bonchev–Trinajstić information content (AvgIpc) is 3.38. The van der Waals surface area contributed by atoms with E-state index in [1.165, 1.54) is 0 Å². The zero-order chi connectivity index (χ0) is 33.9. The van der Waals surface area contributed by atoms with Crippen LogP contribution in [0.5, 0.6) is 5.75 Å². The standard InChI is InChI=1S/C30H32N8O5.2C2H6/c1-43-20-5-2-4-19(18-20)36-14-16-37(17-15-36)30-33-11-10-24(34-30)32-13-12-31-22-7-3-6-21-26(22)29(42)38(28(21)41)23-8-9-25(39)35-27(23)40;2*1-2/h2-7,10-11,18,23,31H,8-9,12-17H2,1H3,(H,32,33,34)(H,35,39,40);2*1-2H3. The number of imide groups is 2. The van der Waals surface area contributed by atoms with Crippen LogP contribution in [-0.2, 0) is 9.59 Å². The van der Waals surface area contributed by atoms with Crippen LogP contribution in [0.2, 0.25) is 0 Å². The number of fused-ring (bicyclic) bond motifs is 1. The zero-order valence-electron chi connectivity index (χ0n) is 27.7. The molecule has 0 saturated carbocycles. The molecule has 1 aromatic heterocycles. The van der Waals surface area contributed by atoms with Crippen LogP contribution in [0, 0.1) is 0 Å². The Hall–Kier alpha value is -5.20. The summed E-state index contributed by atoms with van der Waals surface area (Å²) in [7, 11) is 1.67. The van der Waals surface area contributed by atoms with E-state index in [-0.39, 0.29) is 24.0 Å². The second-order valence-corrected chi connectivity index (χ2v) is 10.4. The molecule has 1 atom stereocenters. The van der Waals surface area contributed by atoms with Crippen molar-refractivity contribution in [2.24, 2.45) is 0 Å². The van der Waals surface area contributed by atoms with Crippen molar-refractivity contribution in [2.75, 3.05) is 66.8 Å². The number of anilines is 4.